The minimum Gasteiger partial charge on any atom is -0.288 e. The Morgan fingerprint density at radius 3 is 2.78 bits per heavy atom. The molecule has 0 aliphatic heterocycles. The largest absolute Gasteiger partial charge is 0.288 e. The van der Waals surface area contributed by atoms with Crippen molar-refractivity contribution in [1.29, 1.82) is 0 Å². The number of hydrogen-bond acceptors (Lipinski definition) is 1. The zero-order valence-electron chi connectivity index (χ0n) is 5.15. The van der Waals surface area contributed by atoms with E-state index in [9.17, 15) is 4.79 Å². The molecule has 2 heteroatoms. The van der Waals surface area contributed by atoms with Gasteiger partial charge >= 0.3 is 0 Å². The molecular weight excluding hydrogens is 136 g/mol. The minimum atomic E-state index is -0.0691. The summed E-state index contributed by atoms with van der Waals surface area (Å²) in [6, 6.07) is 0. The number of hydrogen-bond donors (Lipinski definition) is 0. The van der Waals surface area contributed by atoms with Gasteiger partial charge in [-0.15, -0.1) is 0 Å². The number of allylic oxidation sites excluding steroid dienone is 4. The van der Waals surface area contributed by atoms with Crippen LogP contribution in [0.25, 0.3) is 0 Å². The van der Waals surface area contributed by atoms with Gasteiger partial charge in [-0.25, -0.2) is 0 Å². The van der Waals surface area contributed by atoms with Gasteiger partial charge in [0.2, 0.25) is 0 Å². The van der Waals surface area contributed by atoms with E-state index in [1.807, 2.05) is 6.92 Å². The van der Waals surface area contributed by atoms with Gasteiger partial charge < -0.3 is 0 Å². The lowest BCUT2D eigenvalue weighted by atomic mass is 10.1. The van der Waals surface area contributed by atoms with Crippen LogP contribution in [0.2, 0.25) is 0 Å². The molecule has 0 spiro atoms. The van der Waals surface area contributed by atoms with E-state index in [-0.39, 0.29) is 5.78 Å². The molecule has 0 N–H and O–H groups in total. The minimum absolute atomic E-state index is 0.0691. The maximum atomic E-state index is 10.7. The molecule has 0 bridgehead atoms. The zero-order valence-corrected chi connectivity index (χ0v) is 5.90. The van der Waals surface area contributed by atoms with E-state index >= 15 is 0 Å². The summed E-state index contributed by atoms with van der Waals surface area (Å²) < 4.78 is 0. The summed E-state index contributed by atoms with van der Waals surface area (Å²) in [5.74, 6) is -0.0691. The van der Waals surface area contributed by atoms with Crippen LogP contribution >= 0.6 is 11.6 Å². The summed E-state index contributed by atoms with van der Waals surface area (Å²) in [6.07, 6.45) is 4.12. The maximum Gasteiger partial charge on any atom is 0.196 e. The molecule has 0 amide bonds. The van der Waals surface area contributed by atoms with Crippen molar-refractivity contribution in [3.63, 3.8) is 0 Å². The molecule has 0 aromatic rings. The summed E-state index contributed by atoms with van der Waals surface area (Å²) in [6.45, 7) is 1.91. The third kappa shape index (κ3) is 1.42. The Balaban J connectivity index is 2.82. The second-order valence-corrected chi connectivity index (χ2v) is 2.52. The van der Waals surface area contributed by atoms with Crippen LogP contribution in [0.3, 0.4) is 0 Å². The van der Waals surface area contributed by atoms with E-state index in [1.165, 1.54) is 0 Å². The smallest absolute Gasteiger partial charge is 0.196 e. The highest BCUT2D eigenvalue weighted by molar-refractivity contribution is 6.44. The van der Waals surface area contributed by atoms with E-state index in [0.29, 0.717) is 5.03 Å². The predicted octanol–water partition coefficient (Wildman–Crippen LogP) is 2.03. The molecule has 0 heterocycles. The lowest BCUT2D eigenvalue weighted by Gasteiger charge is -2.02. The van der Waals surface area contributed by atoms with Gasteiger partial charge in [-0.2, -0.15) is 0 Å². The van der Waals surface area contributed by atoms with E-state index < -0.39 is 0 Å². The van der Waals surface area contributed by atoms with Gasteiger partial charge in [-0.05, 0) is 19.4 Å². The monoisotopic (exact) mass is 142 g/mol. The Hall–Kier alpha value is -0.560. The van der Waals surface area contributed by atoms with Crippen LogP contribution in [-0.4, -0.2) is 5.78 Å². The third-order valence-corrected chi connectivity index (χ3v) is 1.56. The van der Waals surface area contributed by atoms with Crippen molar-refractivity contribution in [3.05, 3.63) is 22.8 Å². The highest BCUT2D eigenvalue weighted by atomic mass is 35.5. The molecule has 0 atom stereocenters. The number of ketones is 1. The molecule has 0 unspecified atom stereocenters. The lowest BCUT2D eigenvalue weighted by Crippen LogP contribution is -1.98. The summed E-state index contributed by atoms with van der Waals surface area (Å²) in [5, 5.41) is 0.348. The molecule has 0 saturated carbocycles. The van der Waals surface area contributed by atoms with Gasteiger partial charge in [-0.3, -0.25) is 4.79 Å². The fourth-order valence-electron chi connectivity index (χ4n) is 0.703. The average Bonchev–Trinajstić information content (AvgIpc) is 1.80. The number of halogens is 1. The van der Waals surface area contributed by atoms with Crippen molar-refractivity contribution in [3.8, 4) is 0 Å². The van der Waals surface area contributed by atoms with E-state index in [2.05, 4.69) is 0 Å². The van der Waals surface area contributed by atoms with Crippen LogP contribution < -0.4 is 0 Å². The molecule has 0 aromatic carbocycles. The van der Waals surface area contributed by atoms with E-state index in [1.54, 1.807) is 12.2 Å². The molecule has 48 valence electrons. The molecule has 0 aromatic heterocycles. The first kappa shape index (κ1) is 6.56. The van der Waals surface area contributed by atoms with Crippen molar-refractivity contribution in [2.45, 2.75) is 13.3 Å². The van der Waals surface area contributed by atoms with E-state index in [0.717, 1.165) is 12.0 Å². The fraction of sp³-hybridized carbons (Fsp3) is 0.286. The fourth-order valence-corrected chi connectivity index (χ4v) is 0.835. The SMILES string of the molecule is CC1=CC(=O)C(Cl)=CC1. The predicted molar refractivity (Wildman–Crippen MR) is 37.3 cm³/mol. The van der Waals surface area contributed by atoms with Crippen LogP contribution in [0.5, 0.6) is 0 Å². The molecule has 0 saturated heterocycles. The van der Waals surface area contributed by atoms with Crippen LogP contribution in [0.15, 0.2) is 22.8 Å². The van der Waals surface area contributed by atoms with Crippen LogP contribution in [0, 0.1) is 0 Å². The Bertz CT molecular complexity index is 201. The van der Waals surface area contributed by atoms with Crippen molar-refractivity contribution >= 4 is 17.4 Å². The van der Waals surface area contributed by atoms with Gasteiger partial charge in [0.25, 0.3) is 0 Å². The number of rotatable bonds is 0. The molecule has 1 nitrogen and oxygen atoms in total. The second kappa shape index (κ2) is 2.36. The van der Waals surface area contributed by atoms with Gasteiger partial charge in [0.1, 0.15) is 0 Å². The standard InChI is InChI=1S/C7H7ClO/c1-5-2-3-6(8)7(9)4-5/h3-4H,2H2,1H3. The molecular formula is C7H7ClO. The molecule has 0 fully saturated rings. The van der Waals surface area contributed by atoms with Gasteiger partial charge in [0.05, 0.1) is 5.03 Å². The summed E-state index contributed by atoms with van der Waals surface area (Å²) in [4.78, 5) is 10.7. The number of carbonyl (C=O) groups excluding carboxylic acids is 1. The van der Waals surface area contributed by atoms with Crippen molar-refractivity contribution in [2.24, 2.45) is 0 Å². The highest BCUT2D eigenvalue weighted by Crippen LogP contribution is 2.15. The first-order chi connectivity index (χ1) is 4.20. The Morgan fingerprint density at radius 1 is 1.67 bits per heavy atom. The highest BCUT2D eigenvalue weighted by Gasteiger charge is 2.07. The van der Waals surface area contributed by atoms with Crippen molar-refractivity contribution in [2.75, 3.05) is 0 Å². The second-order valence-electron chi connectivity index (χ2n) is 2.11. The zero-order chi connectivity index (χ0) is 6.85. The average molecular weight is 143 g/mol. The summed E-state index contributed by atoms with van der Waals surface area (Å²) in [5.41, 5.74) is 1.07. The van der Waals surface area contributed by atoms with Crippen LogP contribution in [-0.2, 0) is 4.79 Å². The maximum absolute atomic E-state index is 10.7. The van der Waals surface area contributed by atoms with E-state index in [4.69, 9.17) is 11.6 Å². The topological polar surface area (TPSA) is 17.1 Å². The Kier molecular flexibility index (Phi) is 1.72. The molecule has 1 aliphatic carbocycles. The van der Waals surface area contributed by atoms with Gasteiger partial charge in [0.15, 0.2) is 5.78 Å². The summed E-state index contributed by atoms with van der Waals surface area (Å²) >= 11 is 5.50. The molecule has 0 radical (unpaired) electrons. The molecule has 9 heavy (non-hydrogen) atoms. The Morgan fingerprint density at radius 2 is 2.33 bits per heavy atom. The van der Waals surface area contributed by atoms with Gasteiger partial charge in [-0.1, -0.05) is 23.3 Å². The first-order valence-corrected chi connectivity index (χ1v) is 3.15. The van der Waals surface area contributed by atoms with Crippen molar-refractivity contribution in [1.82, 2.24) is 0 Å². The summed E-state index contributed by atoms with van der Waals surface area (Å²) in [7, 11) is 0. The third-order valence-electron chi connectivity index (χ3n) is 1.22. The quantitative estimate of drug-likeness (QED) is 0.506. The Labute approximate surface area is 59.0 Å². The van der Waals surface area contributed by atoms with Crippen molar-refractivity contribution < 1.29 is 4.79 Å². The first-order valence-electron chi connectivity index (χ1n) is 2.77. The van der Waals surface area contributed by atoms with Crippen LogP contribution in [0.1, 0.15) is 13.3 Å². The molecule has 1 rings (SSSR count). The van der Waals surface area contributed by atoms with Gasteiger partial charge in [0, 0.05) is 0 Å². The normalized spacial score (nSPS) is 19.1. The van der Waals surface area contributed by atoms with Crippen LogP contribution in [0.4, 0.5) is 0 Å². The molecule has 1 aliphatic rings. The number of carbonyl (C=O) groups is 1. The lowest BCUT2D eigenvalue weighted by molar-refractivity contribution is -0.110.